The van der Waals surface area contributed by atoms with Gasteiger partial charge < -0.3 is 5.32 Å². The van der Waals surface area contributed by atoms with Crippen LogP contribution in [0.4, 0.5) is 0 Å². The molecule has 6 heteroatoms. The zero-order valence-electron chi connectivity index (χ0n) is 12.0. The average Bonchev–Trinajstić information content (AvgIpc) is 2.41. The Bertz CT molecular complexity index is 568. The predicted molar refractivity (Wildman–Crippen MR) is 79.1 cm³/mol. The second kappa shape index (κ2) is 7.40. The summed E-state index contributed by atoms with van der Waals surface area (Å²) in [6, 6.07) is 4.42. The lowest BCUT2D eigenvalue weighted by Crippen LogP contribution is -2.26. The standard InChI is InChI=1S/C14H22N2O3S/c1-3-5-6-9-16-14(17)13-10-12(20(15,18)19)8-7-11(13)4-2/h7-8,10H,3-6,9H2,1-2H3,(H,16,17)(H2,15,18,19). The topological polar surface area (TPSA) is 89.3 Å². The summed E-state index contributed by atoms with van der Waals surface area (Å²) in [7, 11) is -3.79. The van der Waals surface area contributed by atoms with E-state index >= 15 is 0 Å². The number of sulfonamides is 1. The molecule has 1 rings (SSSR count). The number of hydrogen-bond acceptors (Lipinski definition) is 3. The maximum absolute atomic E-state index is 12.1. The Labute approximate surface area is 120 Å². The Kier molecular flexibility index (Phi) is 6.16. The van der Waals surface area contributed by atoms with Gasteiger partial charge in [0.05, 0.1) is 4.90 Å². The molecule has 0 heterocycles. The van der Waals surface area contributed by atoms with E-state index in [1.807, 2.05) is 6.92 Å². The van der Waals surface area contributed by atoms with E-state index in [4.69, 9.17) is 5.14 Å². The fraction of sp³-hybridized carbons (Fsp3) is 0.500. The average molecular weight is 298 g/mol. The lowest BCUT2D eigenvalue weighted by molar-refractivity contribution is 0.0952. The molecule has 0 saturated carbocycles. The van der Waals surface area contributed by atoms with Crippen LogP contribution in [0.1, 0.15) is 49.0 Å². The molecule has 0 unspecified atom stereocenters. The van der Waals surface area contributed by atoms with E-state index in [-0.39, 0.29) is 10.8 Å². The van der Waals surface area contributed by atoms with Crippen molar-refractivity contribution in [2.45, 2.75) is 44.4 Å². The molecule has 0 radical (unpaired) electrons. The lowest BCUT2D eigenvalue weighted by atomic mass is 10.0. The molecule has 0 bridgehead atoms. The van der Waals surface area contributed by atoms with Crippen molar-refractivity contribution in [1.82, 2.24) is 5.32 Å². The van der Waals surface area contributed by atoms with Gasteiger partial charge >= 0.3 is 0 Å². The molecule has 0 aliphatic rings. The predicted octanol–water partition coefficient (Wildman–Crippen LogP) is 1.82. The first-order valence-electron chi connectivity index (χ1n) is 6.84. The highest BCUT2D eigenvalue weighted by atomic mass is 32.2. The first-order valence-corrected chi connectivity index (χ1v) is 8.38. The molecule has 0 saturated heterocycles. The van der Waals surface area contributed by atoms with Gasteiger partial charge in [0.25, 0.3) is 5.91 Å². The Morgan fingerprint density at radius 3 is 2.50 bits per heavy atom. The number of nitrogens with one attached hydrogen (secondary N) is 1. The summed E-state index contributed by atoms with van der Waals surface area (Å²) < 4.78 is 22.7. The van der Waals surface area contributed by atoms with Crippen molar-refractivity contribution in [2.24, 2.45) is 5.14 Å². The van der Waals surface area contributed by atoms with Crippen molar-refractivity contribution in [2.75, 3.05) is 6.54 Å². The number of carbonyl (C=O) groups excluding carboxylic acids is 1. The molecule has 3 N–H and O–H groups in total. The smallest absolute Gasteiger partial charge is 0.251 e. The fourth-order valence-electron chi connectivity index (χ4n) is 1.92. The summed E-state index contributed by atoms with van der Waals surface area (Å²) in [5, 5.41) is 7.91. The highest BCUT2D eigenvalue weighted by Gasteiger charge is 2.15. The normalized spacial score (nSPS) is 11.3. The Balaban J connectivity index is 2.93. The highest BCUT2D eigenvalue weighted by Crippen LogP contribution is 2.16. The first kappa shape index (κ1) is 16.7. The molecular formula is C14H22N2O3S. The summed E-state index contributed by atoms with van der Waals surface area (Å²) in [4.78, 5) is 12.1. The minimum atomic E-state index is -3.79. The molecule has 0 aliphatic heterocycles. The first-order chi connectivity index (χ1) is 9.40. The second-order valence-corrected chi connectivity index (χ2v) is 6.24. The molecule has 1 amide bonds. The van der Waals surface area contributed by atoms with Crippen LogP contribution < -0.4 is 10.5 Å². The molecule has 0 aromatic heterocycles. The molecule has 5 nitrogen and oxygen atoms in total. The molecule has 1 aromatic carbocycles. The third-order valence-electron chi connectivity index (χ3n) is 3.10. The second-order valence-electron chi connectivity index (χ2n) is 4.68. The molecule has 0 aliphatic carbocycles. The van der Waals surface area contributed by atoms with Crippen LogP contribution in [0.5, 0.6) is 0 Å². The summed E-state index contributed by atoms with van der Waals surface area (Å²) in [6.45, 7) is 4.60. The molecule has 0 fully saturated rings. The Morgan fingerprint density at radius 1 is 1.25 bits per heavy atom. The van der Waals surface area contributed by atoms with E-state index in [0.29, 0.717) is 18.5 Å². The van der Waals surface area contributed by atoms with Gasteiger partial charge in [-0.2, -0.15) is 0 Å². The van der Waals surface area contributed by atoms with Crippen molar-refractivity contribution in [1.29, 1.82) is 0 Å². The van der Waals surface area contributed by atoms with Crippen LogP contribution >= 0.6 is 0 Å². The van der Waals surface area contributed by atoms with Crippen molar-refractivity contribution in [3.05, 3.63) is 29.3 Å². The quantitative estimate of drug-likeness (QED) is 0.752. The zero-order valence-corrected chi connectivity index (χ0v) is 12.8. The number of carbonyl (C=O) groups is 1. The maximum Gasteiger partial charge on any atom is 0.251 e. The number of primary sulfonamides is 1. The third kappa shape index (κ3) is 4.61. The summed E-state index contributed by atoms with van der Waals surface area (Å²) in [5.41, 5.74) is 1.20. The molecular weight excluding hydrogens is 276 g/mol. The van der Waals surface area contributed by atoms with Gasteiger partial charge in [0, 0.05) is 12.1 Å². The number of rotatable bonds is 7. The Hall–Kier alpha value is -1.40. The van der Waals surface area contributed by atoms with E-state index in [2.05, 4.69) is 12.2 Å². The number of aryl methyl sites for hydroxylation is 1. The van der Waals surface area contributed by atoms with E-state index < -0.39 is 10.0 Å². The number of nitrogens with two attached hydrogens (primary N) is 1. The number of amides is 1. The van der Waals surface area contributed by atoms with Crippen LogP contribution in [0.2, 0.25) is 0 Å². The summed E-state index contributed by atoms with van der Waals surface area (Å²) in [6.07, 6.45) is 3.70. The zero-order chi connectivity index (χ0) is 15.2. The Morgan fingerprint density at radius 2 is 1.95 bits per heavy atom. The molecule has 112 valence electrons. The van der Waals surface area contributed by atoms with Gasteiger partial charge in [-0.25, -0.2) is 13.6 Å². The third-order valence-corrected chi connectivity index (χ3v) is 4.01. The van der Waals surface area contributed by atoms with Crippen LogP contribution in [-0.2, 0) is 16.4 Å². The van der Waals surface area contributed by atoms with Gasteiger partial charge in [-0.05, 0) is 30.5 Å². The van der Waals surface area contributed by atoms with Crippen LogP contribution in [0.3, 0.4) is 0 Å². The molecule has 0 spiro atoms. The lowest BCUT2D eigenvalue weighted by Gasteiger charge is -2.10. The number of benzene rings is 1. The van der Waals surface area contributed by atoms with E-state index in [0.717, 1.165) is 24.8 Å². The molecule has 1 aromatic rings. The highest BCUT2D eigenvalue weighted by molar-refractivity contribution is 7.89. The van der Waals surface area contributed by atoms with Crippen molar-refractivity contribution in [3.8, 4) is 0 Å². The van der Waals surface area contributed by atoms with Crippen molar-refractivity contribution >= 4 is 15.9 Å². The van der Waals surface area contributed by atoms with Gasteiger partial charge in [-0.15, -0.1) is 0 Å². The summed E-state index contributed by atoms with van der Waals surface area (Å²) in [5.74, 6) is -0.247. The van der Waals surface area contributed by atoms with E-state index in [1.165, 1.54) is 12.1 Å². The van der Waals surface area contributed by atoms with Gasteiger partial charge in [0.15, 0.2) is 0 Å². The van der Waals surface area contributed by atoms with Crippen LogP contribution in [0, 0.1) is 0 Å². The van der Waals surface area contributed by atoms with Crippen LogP contribution in [0.15, 0.2) is 23.1 Å². The van der Waals surface area contributed by atoms with Gasteiger partial charge in [0.2, 0.25) is 10.0 Å². The minimum absolute atomic E-state index is 0.0339. The summed E-state index contributed by atoms with van der Waals surface area (Å²) >= 11 is 0. The number of hydrogen-bond donors (Lipinski definition) is 2. The SMILES string of the molecule is CCCCCNC(=O)c1cc(S(N)(=O)=O)ccc1CC. The molecule has 0 atom stereocenters. The van der Waals surface area contributed by atoms with Gasteiger partial charge in [-0.1, -0.05) is 32.8 Å². The molecule has 20 heavy (non-hydrogen) atoms. The van der Waals surface area contributed by atoms with E-state index in [9.17, 15) is 13.2 Å². The fourth-order valence-corrected chi connectivity index (χ4v) is 2.46. The monoisotopic (exact) mass is 298 g/mol. The minimum Gasteiger partial charge on any atom is -0.352 e. The van der Waals surface area contributed by atoms with E-state index in [1.54, 1.807) is 6.07 Å². The van der Waals surface area contributed by atoms with Crippen LogP contribution in [-0.4, -0.2) is 20.9 Å². The largest absolute Gasteiger partial charge is 0.352 e. The van der Waals surface area contributed by atoms with Gasteiger partial charge in [0.1, 0.15) is 0 Å². The van der Waals surface area contributed by atoms with Crippen molar-refractivity contribution < 1.29 is 13.2 Å². The van der Waals surface area contributed by atoms with Crippen LogP contribution in [0.25, 0.3) is 0 Å². The maximum atomic E-state index is 12.1. The van der Waals surface area contributed by atoms with Crippen molar-refractivity contribution in [3.63, 3.8) is 0 Å². The number of unbranched alkanes of at least 4 members (excludes halogenated alkanes) is 2. The van der Waals surface area contributed by atoms with Gasteiger partial charge in [-0.3, -0.25) is 4.79 Å².